The first-order valence-corrected chi connectivity index (χ1v) is 11.6. The van der Waals surface area contributed by atoms with Gasteiger partial charge in [0.25, 0.3) is 0 Å². The summed E-state index contributed by atoms with van der Waals surface area (Å²) >= 11 is 0. The van der Waals surface area contributed by atoms with Crippen LogP contribution in [0.3, 0.4) is 0 Å². The van der Waals surface area contributed by atoms with Crippen LogP contribution in [0.15, 0.2) is 47.5 Å². The number of guanidine groups is 1. The van der Waals surface area contributed by atoms with E-state index in [0.717, 1.165) is 66.8 Å². The van der Waals surface area contributed by atoms with E-state index in [9.17, 15) is 4.79 Å². The number of imidazole rings is 1. The van der Waals surface area contributed by atoms with Gasteiger partial charge in [0.15, 0.2) is 5.96 Å². The highest BCUT2D eigenvalue weighted by atomic mass is 16.5. The number of aromatic nitrogens is 2. The van der Waals surface area contributed by atoms with E-state index in [2.05, 4.69) is 44.6 Å². The number of aryl methyl sites for hydroxylation is 3. The molecule has 174 valence electrons. The number of nitrogens with zero attached hydrogens (tertiary/aromatic N) is 3. The Morgan fingerprint density at radius 1 is 1.21 bits per heavy atom. The van der Waals surface area contributed by atoms with Crippen LogP contribution in [0.1, 0.15) is 31.2 Å². The quantitative estimate of drug-likeness (QED) is 0.265. The molecule has 2 aromatic carbocycles. The van der Waals surface area contributed by atoms with Crippen molar-refractivity contribution in [2.45, 2.75) is 39.7 Å². The molecule has 1 aliphatic heterocycles. The molecule has 2 heterocycles. The highest BCUT2D eigenvalue weighted by molar-refractivity contribution is 5.94. The lowest BCUT2D eigenvalue weighted by Gasteiger charge is -2.18. The minimum absolute atomic E-state index is 0.0733. The van der Waals surface area contributed by atoms with Crippen molar-refractivity contribution in [3.05, 3.63) is 53.9 Å². The Bertz CT molecular complexity index is 1140. The first kappa shape index (κ1) is 22.6. The molecule has 3 N–H and O–H groups in total. The van der Waals surface area contributed by atoms with Gasteiger partial charge in [-0.05, 0) is 62.6 Å². The lowest BCUT2D eigenvalue weighted by molar-refractivity contribution is -0.116. The average Bonchev–Trinajstić information content (AvgIpc) is 3.14. The number of ether oxygens (including phenoxy) is 1. The molecule has 33 heavy (non-hydrogen) atoms. The fourth-order valence-corrected chi connectivity index (χ4v) is 4.03. The molecule has 0 saturated carbocycles. The van der Waals surface area contributed by atoms with Crippen LogP contribution in [-0.2, 0) is 17.8 Å². The van der Waals surface area contributed by atoms with Crippen molar-refractivity contribution in [3.8, 4) is 5.75 Å². The predicted molar refractivity (Wildman–Crippen MR) is 132 cm³/mol. The number of aliphatic imine (C=N–C) groups is 1. The maximum Gasteiger partial charge on any atom is 0.224 e. The first-order valence-electron chi connectivity index (χ1n) is 11.6. The maximum absolute atomic E-state index is 11.5. The molecular weight excluding hydrogens is 416 g/mol. The number of rotatable bonds is 9. The second-order valence-electron chi connectivity index (χ2n) is 8.06. The second-order valence-corrected chi connectivity index (χ2v) is 8.06. The number of hydrogen-bond acceptors (Lipinski definition) is 4. The van der Waals surface area contributed by atoms with E-state index in [1.165, 1.54) is 5.52 Å². The zero-order valence-corrected chi connectivity index (χ0v) is 19.4. The van der Waals surface area contributed by atoms with Crippen molar-refractivity contribution in [1.82, 2.24) is 20.2 Å². The van der Waals surface area contributed by atoms with Crippen LogP contribution >= 0.6 is 0 Å². The Labute approximate surface area is 194 Å². The second kappa shape index (κ2) is 10.8. The van der Waals surface area contributed by atoms with Crippen molar-refractivity contribution in [2.75, 3.05) is 31.6 Å². The molecule has 0 fully saturated rings. The third-order valence-corrected chi connectivity index (χ3v) is 5.63. The van der Waals surface area contributed by atoms with E-state index in [1.807, 2.05) is 37.3 Å². The Hall–Kier alpha value is -3.55. The summed E-state index contributed by atoms with van der Waals surface area (Å²) < 4.78 is 8.14. The fraction of sp³-hybridized carbons (Fsp3) is 0.400. The lowest BCUT2D eigenvalue weighted by atomic mass is 10.0. The summed E-state index contributed by atoms with van der Waals surface area (Å²) in [5.41, 5.74) is 4.22. The molecule has 0 radical (unpaired) electrons. The molecule has 1 aromatic heterocycles. The number of nitrogens with one attached hydrogen (secondary N) is 3. The number of hydrogen-bond donors (Lipinski definition) is 3. The zero-order chi connectivity index (χ0) is 23.0. The van der Waals surface area contributed by atoms with Crippen molar-refractivity contribution in [3.63, 3.8) is 0 Å². The summed E-state index contributed by atoms with van der Waals surface area (Å²) in [5.74, 6) is 2.72. The normalized spacial score (nSPS) is 13.5. The number of amides is 1. The highest BCUT2D eigenvalue weighted by Crippen LogP contribution is 2.26. The molecule has 0 aliphatic carbocycles. The van der Waals surface area contributed by atoms with E-state index in [1.54, 1.807) is 0 Å². The zero-order valence-electron chi connectivity index (χ0n) is 19.4. The molecule has 1 aliphatic rings. The third kappa shape index (κ3) is 5.83. The van der Waals surface area contributed by atoms with Crippen molar-refractivity contribution in [2.24, 2.45) is 4.99 Å². The van der Waals surface area contributed by atoms with E-state index >= 15 is 0 Å². The van der Waals surface area contributed by atoms with Gasteiger partial charge in [0.05, 0.1) is 17.6 Å². The van der Waals surface area contributed by atoms with E-state index in [-0.39, 0.29) is 5.91 Å². The highest BCUT2D eigenvalue weighted by Gasteiger charge is 2.15. The summed E-state index contributed by atoms with van der Waals surface area (Å²) in [6.45, 7) is 7.68. The van der Waals surface area contributed by atoms with Crippen LogP contribution < -0.4 is 20.7 Å². The first-order chi connectivity index (χ1) is 16.1. The third-order valence-electron chi connectivity index (χ3n) is 5.63. The molecule has 8 heteroatoms. The molecule has 1 amide bonds. The number of benzene rings is 2. The summed E-state index contributed by atoms with van der Waals surface area (Å²) in [7, 11) is 0. The van der Waals surface area contributed by atoms with E-state index < -0.39 is 0 Å². The molecule has 0 bridgehead atoms. The molecule has 4 rings (SSSR count). The smallest absolute Gasteiger partial charge is 0.224 e. The minimum atomic E-state index is 0.0733. The van der Waals surface area contributed by atoms with Crippen LogP contribution in [0.5, 0.6) is 5.75 Å². The van der Waals surface area contributed by atoms with Crippen LogP contribution in [-0.4, -0.2) is 47.7 Å². The van der Waals surface area contributed by atoms with Gasteiger partial charge in [-0.2, -0.15) is 0 Å². The SMILES string of the molecule is CCNC(=NCCCn1c(C)nc2ccccc21)NCCOc1ccc2c(c1)CCC(=O)N2. The Morgan fingerprint density at radius 2 is 2.09 bits per heavy atom. The number of carbonyl (C=O) groups is 1. The van der Waals surface area contributed by atoms with E-state index in [0.29, 0.717) is 19.6 Å². The average molecular weight is 449 g/mol. The van der Waals surface area contributed by atoms with E-state index in [4.69, 9.17) is 9.73 Å². The number of para-hydroxylation sites is 2. The molecule has 0 unspecified atom stereocenters. The van der Waals surface area contributed by atoms with Gasteiger partial charge >= 0.3 is 0 Å². The van der Waals surface area contributed by atoms with Gasteiger partial charge in [0, 0.05) is 31.7 Å². The standard InChI is InChI=1S/C25H32N6O2/c1-3-26-25(27-13-6-15-31-18(2)29-22-7-4-5-8-23(22)31)28-14-16-33-20-10-11-21-19(17-20)9-12-24(32)30-21/h4-5,7-8,10-11,17H,3,6,9,12-16H2,1-2H3,(H,30,32)(H2,26,27,28). The Morgan fingerprint density at radius 3 is 2.97 bits per heavy atom. The number of fused-ring (bicyclic) bond motifs is 2. The van der Waals surface area contributed by atoms with Crippen LogP contribution in [0, 0.1) is 6.92 Å². The summed E-state index contributed by atoms with van der Waals surface area (Å²) in [6.07, 6.45) is 2.21. The van der Waals surface area contributed by atoms with Crippen LogP contribution in [0.2, 0.25) is 0 Å². The Kier molecular flexibility index (Phi) is 7.44. The van der Waals surface area contributed by atoms with Crippen LogP contribution in [0.4, 0.5) is 5.69 Å². The van der Waals surface area contributed by atoms with Crippen molar-refractivity contribution < 1.29 is 9.53 Å². The number of anilines is 1. The number of carbonyl (C=O) groups excluding carboxylic acids is 1. The van der Waals surface area contributed by atoms with Crippen LogP contribution in [0.25, 0.3) is 11.0 Å². The van der Waals surface area contributed by atoms with Gasteiger partial charge in [0.1, 0.15) is 18.2 Å². The van der Waals surface area contributed by atoms with Gasteiger partial charge in [-0.25, -0.2) is 4.98 Å². The minimum Gasteiger partial charge on any atom is -0.492 e. The molecule has 8 nitrogen and oxygen atoms in total. The predicted octanol–water partition coefficient (Wildman–Crippen LogP) is 3.25. The molecular formula is C25H32N6O2. The largest absolute Gasteiger partial charge is 0.492 e. The molecule has 0 saturated heterocycles. The molecule has 3 aromatic rings. The fourth-order valence-electron chi connectivity index (χ4n) is 4.03. The summed E-state index contributed by atoms with van der Waals surface area (Å²) in [5, 5.41) is 9.51. The maximum atomic E-state index is 11.5. The van der Waals surface area contributed by atoms with Crippen molar-refractivity contribution >= 4 is 28.6 Å². The van der Waals surface area contributed by atoms with Crippen molar-refractivity contribution in [1.29, 1.82) is 0 Å². The monoisotopic (exact) mass is 448 g/mol. The summed E-state index contributed by atoms with van der Waals surface area (Å²) in [6, 6.07) is 14.0. The molecule has 0 spiro atoms. The van der Waals surface area contributed by atoms with Gasteiger partial charge < -0.3 is 25.3 Å². The lowest BCUT2D eigenvalue weighted by Crippen LogP contribution is -2.39. The Balaban J connectivity index is 1.23. The van der Waals surface area contributed by atoms with Gasteiger partial charge in [-0.3, -0.25) is 9.79 Å². The van der Waals surface area contributed by atoms with Gasteiger partial charge in [0.2, 0.25) is 5.91 Å². The summed E-state index contributed by atoms with van der Waals surface area (Å²) in [4.78, 5) is 20.8. The molecule has 0 atom stereocenters. The van der Waals surface area contributed by atoms with Gasteiger partial charge in [-0.1, -0.05) is 12.1 Å². The van der Waals surface area contributed by atoms with Gasteiger partial charge in [-0.15, -0.1) is 0 Å². The topological polar surface area (TPSA) is 92.6 Å².